The zero-order valence-corrected chi connectivity index (χ0v) is 18.7. The molecule has 32 heavy (non-hydrogen) atoms. The Labute approximate surface area is 190 Å². The molecule has 2 aromatic carbocycles. The SMILES string of the molecule is CN1CCCC1COc1ccc(OCc2ccccc2)c(C=O)c1.CNc1cccnc1. The number of carbonyl (C=O) groups excluding carboxylic acids is 1. The lowest BCUT2D eigenvalue weighted by Gasteiger charge is -2.20. The number of aldehydes is 1. The van der Waals surface area contributed by atoms with E-state index < -0.39 is 0 Å². The second kappa shape index (κ2) is 12.5. The first-order valence-corrected chi connectivity index (χ1v) is 10.9. The van der Waals surface area contributed by atoms with E-state index in [0.717, 1.165) is 30.5 Å². The normalized spacial score (nSPS) is 15.4. The average Bonchev–Trinajstić information content (AvgIpc) is 3.27. The zero-order valence-electron chi connectivity index (χ0n) is 18.7. The zero-order chi connectivity index (χ0) is 22.6. The quantitative estimate of drug-likeness (QED) is 0.521. The summed E-state index contributed by atoms with van der Waals surface area (Å²) in [6.07, 6.45) is 6.72. The summed E-state index contributed by atoms with van der Waals surface area (Å²) < 4.78 is 11.6. The minimum absolute atomic E-state index is 0.439. The van der Waals surface area contributed by atoms with Gasteiger partial charge >= 0.3 is 0 Å². The van der Waals surface area contributed by atoms with Crippen molar-refractivity contribution in [3.8, 4) is 11.5 Å². The van der Waals surface area contributed by atoms with Gasteiger partial charge in [0.25, 0.3) is 0 Å². The van der Waals surface area contributed by atoms with Crippen LogP contribution < -0.4 is 14.8 Å². The van der Waals surface area contributed by atoms with Gasteiger partial charge < -0.3 is 19.7 Å². The molecule has 4 rings (SSSR count). The number of nitrogens with one attached hydrogen (secondary N) is 1. The number of anilines is 1. The molecule has 1 aliphatic rings. The van der Waals surface area contributed by atoms with Crippen molar-refractivity contribution in [1.29, 1.82) is 0 Å². The minimum atomic E-state index is 0.439. The van der Waals surface area contributed by atoms with Crippen LogP contribution in [0.5, 0.6) is 11.5 Å². The maximum Gasteiger partial charge on any atom is 0.153 e. The number of benzene rings is 2. The summed E-state index contributed by atoms with van der Waals surface area (Å²) in [7, 11) is 4.00. The predicted molar refractivity (Wildman–Crippen MR) is 128 cm³/mol. The summed E-state index contributed by atoms with van der Waals surface area (Å²) in [5.41, 5.74) is 2.63. The summed E-state index contributed by atoms with van der Waals surface area (Å²) in [5.74, 6) is 1.30. The van der Waals surface area contributed by atoms with Gasteiger partial charge in [-0.1, -0.05) is 30.3 Å². The molecule has 1 aliphatic heterocycles. The number of hydrogen-bond donors (Lipinski definition) is 1. The predicted octanol–water partition coefficient (Wildman–Crippen LogP) is 4.67. The Morgan fingerprint density at radius 1 is 1.12 bits per heavy atom. The maximum atomic E-state index is 11.4. The molecule has 0 amide bonds. The molecule has 0 aliphatic carbocycles. The fraction of sp³-hybridized carbons (Fsp3) is 0.308. The van der Waals surface area contributed by atoms with Crippen LogP contribution in [0.15, 0.2) is 73.1 Å². The van der Waals surface area contributed by atoms with E-state index in [1.54, 1.807) is 24.5 Å². The highest BCUT2D eigenvalue weighted by atomic mass is 16.5. The van der Waals surface area contributed by atoms with Gasteiger partial charge in [0.15, 0.2) is 6.29 Å². The topological polar surface area (TPSA) is 63.7 Å². The number of hydrogen-bond acceptors (Lipinski definition) is 6. The lowest BCUT2D eigenvalue weighted by molar-refractivity contribution is 0.111. The molecule has 1 atom stereocenters. The standard InChI is InChI=1S/C20H23NO3.C6H8N2/c1-21-11-5-8-18(21)15-23-19-9-10-20(17(12-19)13-22)24-14-16-6-3-2-4-7-16;1-7-6-3-2-4-8-5-6/h2-4,6-7,9-10,12-13,18H,5,8,11,14-15H2,1H3;2-5,7H,1H3. The van der Waals surface area contributed by atoms with Crippen molar-refractivity contribution in [3.63, 3.8) is 0 Å². The van der Waals surface area contributed by atoms with Gasteiger partial charge in [0.05, 0.1) is 11.3 Å². The number of likely N-dealkylation sites (tertiary alicyclic amines) is 1. The third-order valence-electron chi connectivity index (χ3n) is 5.41. The fourth-order valence-corrected chi connectivity index (χ4v) is 3.47. The van der Waals surface area contributed by atoms with Gasteiger partial charge in [0.1, 0.15) is 24.7 Å². The second-order valence-corrected chi connectivity index (χ2v) is 7.67. The summed E-state index contributed by atoms with van der Waals surface area (Å²) in [4.78, 5) is 17.6. The van der Waals surface area contributed by atoms with E-state index >= 15 is 0 Å². The monoisotopic (exact) mass is 433 g/mol. The number of carbonyl (C=O) groups is 1. The molecule has 6 nitrogen and oxygen atoms in total. The molecule has 2 heterocycles. The Morgan fingerprint density at radius 2 is 1.97 bits per heavy atom. The first-order chi connectivity index (χ1) is 15.7. The van der Waals surface area contributed by atoms with Gasteiger partial charge in [-0.05, 0) is 62.3 Å². The average molecular weight is 434 g/mol. The van der Waals surface area contributed by atoms with Crippen molar-refractivity contribution in [2.75, 3.05) is 32.6 Å². The van der Waals surface area contributed by atoms with Crippen LogP contribution in [0.25, 0.3) is 0 Å². The lowest BCUT2D eigenvalue weighted by Crippen LogP contribution is -2.30. The van der Waals surface area contributed by atoms with Crippen molar-refractivity contribution in [1.82, 2.24) is 9.88 Å². The molecule has 1 aromatic heterocycles. The van der Waals surface area contributed by atoms with E-state index in [0.29, 0.717) is 36.3 Å². The number of pyridine rings is 1. The van der Waals surface area contributed by atoms with Crippen LogP contribution in [0, 0.1) is 0 Å². The van der Waals surface area contributed by atoms with E-state index in [-0.39, 0.29) is 0 Å². The Morgan fingerprint density at radius 3 is 2.59 bits per heavy atom. The molecule has 1 saturated heterocycles. The highest BCUT2D eigenvalue weighted by Crippen LogP contribution is 2.25. The Kier molecular flexibility index (Phi) is 9.07. The third kappa shape index (κ3) is 7.10. The molecule has 3 aromatic rings. The molecule has 0 bridgehead atoms. The maximum absolute atomic E-state index is 11.4. The second-order valence-electron chi connectivity index (χ2n) is 7.67. The molecule has 0 radical (unpaired) electrons. The van der Waals surface area contributed by atoms with Gasteiger partial charge in [0, 0.05) is 25.5 Å². The highest BCUT2D eigenvalue weighted by Gasteiger charge is 2.21. The van der Waals surface area contributed by atoms with E-state index in [2.05, 4.69) is 22.2 Å². The minimum Gasteiger partial charge on any atom is -0.492 e. The van der Waals surface area contributed by atoms with Crippen LogP contribution >= 0.6 is 0 Å². The van der Waals surface area contributed by atoms with E-state index in [9.17, 15) is 4.79 Å². The van der Waals surface area contributed by atoms with Crippen LogP contribution in [0.1, 0.15) is 28.8 Å². The van der Waals surface area contributed by atoms with Crippen LogP contribution in [0.3, 0.4) is 0 Å². The van der Waals surface area contributed by atoms with Crippen LogP contribution in [-0.2, 0) is 6.61 Å². The number of nitrogens with zero attached hydrogens (tertiary/aromatic N) is 2. The van der Waals surface area contributed by atoms with Crippen LogP contribution in [0.4, 0.5) is 5.69 Å². The molecule has 0 saturated carbocycles. The van der Waals surface area contributed by atoms with Crippen molar-refractivity contribution >= 4 is 12.0 Å². The van der Waals surface area contributed by atoms with Crippen LogP contribution in [0.2, 0.25) is 0 Å². The Balaban J connectivity index is 0.000000305. The molecule has 1 N–H and O–H groups in total. The Hall–Kier alpha value is -3.38. The third-order valence-corrected chi connectivity index (χ3v) is 5.41. The van der Waals surface area contributed by atoms with E-state index in [4.69, 9.17) is 9.47 Å². The molecule has 1 fully saturated rings. The van der Waals surface area contributed by atoms with Gasteiger partial charge in [-0.2, -0.15) is 0 Å². The van der Waals surface area contributed by atoms with Gasteiger partial charge in [-0.25, -0.2) is 0 Å². The number of aromatic nitrogens is 1. The fourth-order valence-electron chi connectivity index (χ4n) is 3.47. The van der Waals surface area contributed by atoms with Gasteiger partial charge in [0.2, 0.25) is 0 Å². The molecule has 168 valence electrons. The number of rotatable bonds is 8. The summed E-state index contributed by atoms with van der Waals surface area (Å²) in [6.45, 7) is 2.22. The van der Waals surface area contributed by atoms with Crippen molar-refractivity contribution in [3.05, 3.63) is 84.2 Å². The molecule has 6 heteroatoms. The first kappa shape index (κ1) is 23.3. The molecule has 0 spiro atoms. The summed E-state index contributed by atoms with van der Waals surface area (Å²) in [6, 6.07) is 19.6. The highest BCUT2D eigenvalue weighted by molar-refractivity contribution is 5.80. The summed E-state index contributed by atoms with van der Waals surface area (Å²) in [5, 5.41) is 2.96. The van der Waals surface area contributed by atoms with Crippen molar-refractivity contribution < 1.29 is 14.3 Å². The number of ether oxygens (including phenoxy) is 2. The largest absolute Gasteiger partial charge is 0.492 e. The number of likely N-dealkylation sites (N-methyl/N-ethyl adjacent to an activating group) is 1. The molecule has 1 unspecified atom stereocenters. The van der Waals surface area contributed by atoms with E-state index in [1.807, 2.05) is 55.6 Å². The molecular formula is C26H31N3O3. The van der Waals surface area contributed by atoms with Gasteiger partial charge in [-0.15, -0.1) is 0 Å². The van der Waals surface area contributed by atoms with Crippen molar-refractivity contribution in [2.45, 2.75) is 25.5 Å². The Bertz CT molecular complexity index is 951. The van der Waals surface area contributed by atoms with E-state index in [1.165, 1.54) is 6.42 Å². The first-order valence-electron chi connectivity index (χ1n) is 10.9. The van der Waals surface area contributed by atoms with Crippen LogP contribution in [-0.4, -0.2) is 49.5 Å². The summed E-state index contributed by atoms with van der Waals surface area (Å²) >= 11 is 0. The van der Waals surface area contributed by atoms with Crippen molar-refractivity contribution in [2.24, 2.45) is 0 Å². The lowest BCUT2D eigenvalue weighted by atomic mass is 10.2. The van der Waals surface area contributed by atoms with Gasteiger partial charge in [-0.3, -0.25) is 9.78 Å². The molecular weight excluding hydrogens is 402 g/mol. The smallest absolute Gasteiger partial charge is 0.153 e.